The number of hydrogen-bond donors (Lipinski definition) is 0. The second-order valence-electron chi connectivity index (χ2n) is 12.1. The predicted octanol–water partition coefficient (Wildman–Crippen LogP) is 7.06. The second-order valence-corrected chi connectivity index (χ2v) is 12.1. The van der Waals surface area contributed by atoms with Crippen molar-refractivity contribution in [1.29, 1.82) is 0 Å². The van der Waals surface area contributed by atoms with E-state index in [4.69, 9.17) is 0 Å². The third-order valence-electron chi connectivity index (χ3n) is 10.2. The van der Waals surface area contributed by atoms with Crippen molar-refractivity contribution in [2.75, 3.05) is 20.6 Å². The number of allylic oxidation sites excluding steroid dienone is 2. The van der Waals surface area contributed by atoms with Crippen molar-refractivity contribution in [3.05, 3.63) is 48.3 Å². The van der Waals surface area contributed by atoms with E-state index in [0.717, 1.165) is 35.5 Å². The van der Waals surface area contributed by atoms with E-state index in [0.29, 0.717) is 5.41 Å². The summed E-state index contributed by atoms with van der Waals surface area (Å²) in [6.07, 6.45) is 18.2. The molecule has 1 aromatic carbocycles. The van der Waals surface area contributed by atoms with Gasteiger partial charge in [0.15, 0.2) is 0 Å². The van der Waals surface area contributed by atoms with E-state index < -0.39 is 0 Å². The average molecular weight is 429 g/mol. The highest BCUT2D eigenvalue weighted by Crippen LogP contribution is 2.64. The number of nitrogens with zero attached hydrogens (tertiary/aromatic N) is 2. The zero-order valence-electron chi connectivity index (χ0n) is 20.3. The summed E-state index contributed by atoms with van der Waals surface area (Å²) < 4.78 is 0. The lowest BCUT2D eigenvalue weighted by Gasteiger charge is -2.56. The molecular formula is C30H40N2. The molecular weight excluding hydrogens is 388 g/mol. The molecule has 0 radical (unpaired) electrons. The summed E-state index contributed by atoms with van der Waals surface area (Å²) in [5.74, 6) is 5.80. The Kier molecular flexibility index (Phi) is 5.21. The van der Waals surface area contributed by atoms with Crippen LogP contribution >= 0.6 is 0 Å². The largest absolute Gasteiger partial charge is 0.309 e. The maximum atomic E-state index is 4.37. The van der Waals surface area contributed by atoms with Crippen molar-refractivity contribution < 1.29 is 0 Å². The molecule has 4 aliphatic rings. The molecule has 0 saturated heterocycles. The van der Waals surface area contributed by atoms with Gasteiger partial charge in [-0.15, -0.1) is 0 Å². The molecule has 2 heteroatoms. The molecule has 1 aromatic heterocycles. The molecule has 3 fully saturated rings. The first-order valence-corrected chi connectivity index (χ1v) is 13.2. The summed E-state index contributed by atoms with van der Waals surface area (Å²) in [4.78, 5) is 6.78. The molecule has 0 aliphatic heterocycles. The Balaban J connectivity index is 1.22. The Hall–Kier alpha value is -1.67. The van der Waals surface area contributed by atoms with Crippen molar-refractivity contribution >= 4 is 16.3 Å². The van der Waals surface area contributed by atoms with E-state index in [2.05, 4.69) is 61.2 Å². The molecule has 2 aromatic rings. The number of pyridine rings is 1. The molecule has 4 aliphatic carbocycles. The van der Waals surface area contributed by atoms with Gasteiger partial charge in [0.25, 0.3) is 0 Å². The number of benzene rings is 1. The molecule has 1 heterocycles. The molecule has 6 rings (SSSR count). The van der Waals surface area contributed by atoms with Crippen LogP contribution in [0, 0.1) is 40.9 Å². The van der Waals surface area contributed by atoms with Gasteiger partial charge in [0.05, 0.1) is 0 Å². The summed E-state index contributed by atoms with van der Waals surface area (Å²) in [6.45, 7) is 3.91. The van der Waals surface area contributed by atoms with Gasteiger partial charge in [0.2, 0.25) is 0 Å². The van der Waals surface area contributed by atoms with Crippen LogP contribution in [0.1, 0.15) is 63.9 Å². The number of fused-ring (bicyclic) bond motifs is 6. The van der Waals surface area contributed by atoms with Gasteiger partial charge in [-0.25, -0.2) is 0 Å². The molecule has 0 N–H and O–H groups in total. The van der Waals surface area contributed by atoms with Crippen molar-refractivity contribution in [3.63, 3.8) is 0 Å². The van der Waals surface area contributed by atoms with Gasteiger partial charge in [-0.05, 0) is 135 Å². The Morgan fingerprint density at radius 3 is 2.72 bits per heavy atom. The summed E-state index contributed by atoms with van der Waals surface area (Å²) >= 11 is 0. The highest BCUT2D eigenvalue weighted by molar-refractivity contribution is 5.86. The van der Waals surface area contributed by atoms with E-state index in [-0.39, 0.29) is 0 Å². The lowest BCUT2D eigenvalue weighted by Crippen LogP contribution is -2.48. The Morgan fingerprint density at radius 2 is 1.84 bits per heavy atom. The van der Waals surface area contributed by atoms with Crippen molar-refractivity contribution in [1.82, 2.24) is 9.88 Å². The normalized spacial score (nSPS) is 38.8. The number of rotatable bonds is 3. The monoisotopic (exact) mass is 428 g/mol. The van der Waals surface area contributed by atoms with Crippen molar-refractivity contribution in [2.45, 2.75) is 58.3 Å². The minimum Gasteiger partial charge on any atom is -0.309 e. The minimum atomic E-state index is 0.367. The average Bonchev–Trinajstić information content (AvgIpc) is 3.15. The van der Waals surface area contributed by atoms with E-state index in [1.807, 2.05) is 12.4 Å². The minimum absolute atomic E-state index is 0.367. The summed E-state index contributed by atoms with van der Waals surface area (Å²) in [7, 11) is 4.50. The molecule has 170 valence electrons. The first kappa shape index (κ1) is 20.9. The fraction of sp³-hybridized carbons (Fsp3) is 0.633. The smallest absolute Gasteiger partial charge is 0.0346 e. The molecule has 0 bridgehead atoms. The van der Waals surface area contributed by atoms with Gasteiger partial charge < -0.3 is 4.90 Å². The van der Waals surface area contributed by atoms with Crippen molar-refractivity contribution in [2.24, 2.45) is 40.9 Å². The van der Waals surface area contributed by atoms with Crippen molar-refractivity contribution in [3.8, 4) is 0 Å². The Morgan fingerprint density at radius 1 is 0.969 bits per heavy atom. The van der Waals surface area contributed by atoms with Gasteiger partial charge in [0.1, 0.15) is 0 Å². The summed E-state index contributed by atoms with van der Waals surface area (Å²) in [5, 5.41) is 2.58. The molecule has 7 unspecified atom stereocenters. The molecule has 3 saturated carbocycles. The van der Waals surface area contributed by atoms with Gasteiger partial charge >= 0.3 is 0 Å². The van der Waals surface area contributed by atoms with Gasteiger partial charge in [-0.1, -0.05) is 25.1 Å². The fourth-order valence-electron chi connectivity index (χ4n) is 8.90. The topological polar surface area (TPSA) is 16.1 Å². The Labute approximate surface area is 194 Å². The van der Waals surface area contributed by atoms with Gasteiger partial charge in [-0.2, -0.15) is 0 Å². The highest BCUT2D eigenvalue weighted by atomic mass is 15.1. The zero-order chi connectivity index (χ0) is 21.9. The van der Waals surface area contributed by atoms with Crippen LogP contribution in [0.5, 0.6) is 0 Å². The van der Waals surface area contributed by atoms with Crippen LogP contribution in [0.2, 0.25) is 0 Å². The summed E-state index contributed by atoms with van der Waals surface area (Å²) in [6, 6.07) is 9.20. The van der Waals surface area contributed by atoms with Crippen LogP contribution in [0.15, 0.2) is 42.7 Å². The molecule has 0 amide bonds. The van der Waals surface area contributed by atoms with E-state index in [1.165, 1.54) is 74.2 Å². The lowest BCUT2D eigenvalue weighted by atomic mass is 9.49. The van der Waals surface area contributed by atoms with Crippen LogP contribution in [-0.4, -0.2) is 30.5 Å². The quantitative estimate of drug-likeness (QED) is 0.520. The predicted molar refractivity (Wildman–Crippen MR) is 134 cm³/mol. The van der Waals surface area contributed by atoms with Gasteiger partial charge in [0, 0.05) is 24.3 Å². The third kappa shape index (κ3) is 3.36. The van der Waals surface area contributed by atoms with Crippen LogP contribution < -0.4 is 0 Å². The number of aromatic nitrogens is 1. The van der Waals surface area contributed by atoms with Crippen LogP contribution in [0.25, 0.3) is 16.3 Å². The van der Waals surface area contributed by atoms with Crippen LogP contribution in [0.3, 0.4) is 0 Å². The molecule has 7 atom stereocenters. The zero-order valence-corrected chi connectivity index (χ0v) is 20.3. The van der Waals surface area contributed by atoms with Crippen LogP contribution in [-0.2, 0) is 0 Å². The molecule has 2 nitrogen and oxygen atoms in total. The number of hydrogen-bond acceptors (Lipinski definition) is 2. The SMILES string of the molecule is CN(C)CC1CCC2C(CCC3C2CCC2(C)C(c4ccc5ccncc5c4)=CCC32)C1. The Bertz CT molecular complexity index is 1020. The first-order chi connectivity index (χ1) is 15.5. The van der Waals surface area contributed by atoms with Crippen LogP contribution in [0.4, 0.5) is 0 Å². The summed E-state index contributed by atoms with van der Waals surface area (Å²) in [5.41, 5.74) is 3.46. The fourth-order valence-corrected chi connectivity index (χ4v) is 8.90. The lowest BCUT2D eigenvalue weighted by molar-refractivity contribution is -0.0471. The third-order valence-corrected chi connectivity index (χ3v) is 10.2. The van der Waals surface area contributed by atoms with Gasteiger partial charge in [-0.3, -0.25) is 4.98 Å². The molecule has 0 spiro atoms. The maximum absolute atomic E-state index is 4.37. The molecule has 32 heavy (non-hydrogen) atoms. The standard InChI is InChI=1S/C30H40N2/c1-30-14-12-26-25-8-4-20(19-32(2)3)16-22(25)7-9-27(26)29(30)11-10-28(30)23-6-5-21-13-15-31-18-24(21)17-23/h5-6,10,13,15,17-18,20,22,25-27,29H,4,7-9,11-12,14,16,19H2,1-3H3. The highest BCUT2D eigenvalue weighted by Gasteiger charge is 2.54. The van der Waals surface area contributed by atoms with E-state index in [9.17, 15) is 0 Å². The second kappa shape index (κ2) is 7.97. The first-order valence-electron chi connectivity index (χ1n) is 13.2. The van der Waals surface area contributed by atoms with E-state index >= 15 is 0 Å². The maximum Gasteiger partial charge on any atom is 0.0346 e. The van der Waals surface area contributed by atoms with E-state index in [1.54, 1.807) is 5.57 Å².